The van der Waals surface area contributed by atoms with E-state index in [1.54, 1.807) is 12.3 Å². The zero-order valence-corrected chi connectivity index (χ0v) is 14.0. The third-order valence-electron chi connectivity index (χ3n) is 4.38. The van der Waals surface area contributed by atoms with Gasteiger partial charge in [-0.25, -0.2) is 13.1 Å². The number of hydrogen-bond donors (Lipinski definition) is 3. The zero-order valence-electron chi connectivity index (χ0n) is 13.1. The number of rotatable bonds is 6. The molecule has 21 heavy (non-hydrogen) atoms. The zero-order chi connectivity index (χ0) is 15.5. The van der Waals surface area contributed by atoms with Gasteiger partial charge in [-0.15, -0.1) is 0 Å². The van der Waals surface area contributed by atoms with Crippen LogP contribution < -0.4 is 10.0 Å². The molecular formula is C15H27N3O2S. The van der Waals surface area contributed by atoms with Crippen molar-refractivity contribution in [2.45, 2.75) is 57.0 Å². The summed E-state index contributed by atoms with van der Waals surface area (Å²) in [6, 6.07) is 1.76. The maximum Gasteiger partial charge on any atom is 0.242 e. The molecule has 0 amide bonds. The van der Waals surface area contributed by atoms with E-state index in [4.69, 9.17) is 0 Å². The van der Waals surface area contributed by atoms with Gasteiger partial charge in [0.1, 0.15) is 0 Å². The molecule has 5 nitrogen and oxygen atoms in total. The van der Waals surface area contributed by atoms with Crippen LogP contribution in [0, 0.1) is 11.8 Å². The molecule has 120 valence electrons. The Kier molecular flexibility index (Phi) is 5.46. The Bertz CT molecular complexity index is 551. The minimum absolute atomic E-state index is 0.0615. The van der Waals surface area contributed by atoms with Crippen LogP contribution in [0.5, 0.6) is 0 Å². The van der Waals surface area contributed by atoms with Crippen LogP contribution in [-0.2, 0) is 16.6 Å². The maximum absolute atomic E-state index is 12.5. The van der Waals surface area contributed by atoms with Gasteiger partial charge in [-0.05, 0) is 37.8 Å². The summed E-state index contributed by atoms with van der Waals surface area (Å²) < 4.78 is 28.0. The van der Waals surface area contributed by atoms with Gasteiger partial charge >= 0.3 is 0 Å². The maximum atomic E-state index is 12.5. The minimum atomic E-state index is -3.43. The molecule has 2 unspecified atom stereocenters. The van der Waals surface area contributed by atoms with E-state index >= 15 is 0 Å². The standard InChI is InChI=1S/C15H27N3O2S/c1-11(2)14-6-4-5-7-15(14)18-21(19,20)13-8-12(9-16-3)17-10-13/h8,10-11,14-18H,4-7,9H2,1-3H3. The van der Waals surface area contributed by atoms with E-state index in [1.807, 2.05) is 7.05 Å². The molecule has 0 spiro atoms. The molecule has 2 rings (SSSR count). The first kappa shape index (κ1) is 16.5. The predicted octanol–water partition coefficient (Wildman–Crippen LogP) is 2.23. The average Bonchev–Trinajstić information content (AvgIpc) is 2.88. The Balaban J connectivity index is 2.11. The van der Waals surface area contributed by atoms with Gasteiger partial charge in [0.25, 0.3) is 0 Å². The van der Waals surface area contributed by atoms with Crippen molar-refractivity contribution in [2.24, 2.45) is 11.8 Å². The van der Waals surface area contributed by atoms with E-state index in [0.717, 1.165) is 25.0 Å². The molecule has 0 aliphatic heterocycles. The Morgan fingerprint density at radius 2 is 2.05 bits per heavy atom. The summed E-state index contributed by atoms with van der Waals surface area (Å²) in [5, 5.41) is 3.01. The molecule has 1 aliphatic carbocycles. The largest absolute Gasteiger partial charge is 0.363 e. The monoisotopic (exact) mass is 313 g/mol. The highest BCUT2D eigenvalue weighted by Crippen LogP contribution is 2.31. The lowest BCUT2D eigenvalue weighted by atomic mass is 9.78. The van der Waals surface area contributed by atoms with Crippen LogP contribution in [0.25, 0.3) is 0 Å². The molecule has 3 N–H and O–H groups in total. The van der Waals surface area contributed by atoms with Crippen molar-refractivity contribution in [3.8, 4) is 0 Å². The molecule has 2 atom stereocenters. The summed E-state index contributed by atoms with van der Waals surface area (Å²) in [5.41, 5.74) is 0.877. The average molecular weight is 313 g/mol. The fraction of sp³-hybridized carbons (Fsp3) is 0.733. The fourth-order valence-electron chi connectivity index (χ4n) is 3.24. The third-order valence-corrected chi connectivity index (χ3v) is 5.85. The Morgan fingerprint density at radius 3 is 2.71 bits per heavy atom. The van der Waals surface area contributed by atoms with E-state index in [2.05, 4.69) is 28.9 Å². The second kappa shape index (κ2) is 6.94. The van der Waals surface area contributed by atoms with Crippen LogP contribution in [0.15, 0.2) is 17.2 Å². The van der Waals surface area contributed by atoms with E-state index in [1.165, 1.54) is 6.42 Å². The number of sulfonamides is 1. The highest BCUT2D eigenvalue weighted by molar-refractivity contribution is 7.89. The van der Waals surface area contributed by atoms with Crippen molar-refractivity contribution in [3.05, 3.63) is 18.0 Å². The van der Waals surface area contributed by atoms with Gasteiger partial charge in [0.05, 0.1) is 4.90 Å². The number of H-pyrrole nitrogens is 1. The molecule has 1 fully saturated rings. The van der Waals surface area contributed by atoms with E-state index in [-0.39, 0.29) is 6.04 Å². The molecule has 0 aromatic carbocycles. The summed E-state index contributed by atoms with van der Waals surface area (Å²) in [6.45, 7) is 4.99. The normalized spacial score (nSPS) is 23.6. The van der Waals surface area contributed by atoms with Gasteiger partial charge in [-0.2, -0.15) is 0 Å². The van der Waals surface area contributed by atoms with Gasteiger partial charge < -0.3 is 10.3 Å². The molecule has 1 aromatic heterocycles. The van der Waals surface area contributed by atoms with Crippen LogP contribution in [0.3, 0.4) is 0 Å². The lowest BCUT2D eigenvalue weighted by Crippen LogP contribution is -2.43. The molecule has 1 aliphatic rings. The van der Waals surface area contributed by atoms with Crippen LogP contribution in [-0.4, -0.2) is 26.5 Å². The summed E-state index contributed by atoms with van der Waals surface area (Å²) in [6.07, 6.45) is 5.94. The fourth-order valence-corrected chi connectivity index (χ4v) is 4.58. The van der Waals surface area contributed by atoms with Crippen LogP contribution in [0.1, 0.15) is 45.2 Å². The molecular weight excluding hydrogens is 286 g/mol. The highest BCUT2D eigenvalue weighted by atomic mass is 32.2. The van der Waals surface area contributed by atoms with Crippen molar-refractivity contribution in [2.75, 3.05) is 7.05 Å². The van der Waals surface area contributed by atoms with Crippen molar-refractivity contribution in [3.63, 3.8) is 0 Å². The lowest BCUT2D eigenvalue weighted by molar-refractivity contribution is 0.226. The summed E-state index contributed by atoms with van der Waals surface area (Å²) in [5.74, 6) is 0.938. The molecule has 1 aromatic rings. The van der Waals surface area contributed by atoms with E-state index < -0.39 is 10.0 Å². The van der Waals surface area contributed by atoms with Crippen molar-refractivity contribution < 1.29 is 8.42 Å². The van der Waals surface area contributed by atoms with Crippen molar-refractivity contribution >= 4 is 10.0 Å². The van der Waals surface area contributed by atoms with Crippen molar-refractivity contribution in [1.29, 1.82) is 0 Å². The second-order valence-corrected chi connectivity index (χ2v) is 8.03. The third kappa shape index (κ3) is 4.08. The SMILES string of the molecule is CNCc1cc(S(=O)(=O)NC2CCCCC2C(C)C)c[nH]1. The number of aromatic nitrogens is 1. The summed E-state index contributed by atoms with van der Waals surface area (Å²) >= 11 is 0. The minimum Gasteiger partial charge on any atom is -0.363 e. The van der Waals surface area contributed by atoms with E-state index in [0.29, 0.717) is 23.3 Å². The molecule has 0 radical (unpaired) electrons. The number of nitrogens with one attached hydrogen (secondary N) is 3. The first-order chi connectivity index (χ1) is 9.94. The smallest absolute Gasteiger partial charge is 0.242 e. The molecule has 1 heterocycles. The van der Waals surface area contributed by atoms with Crippen molar-refractivity contribution in [1.82, 2.24) is 15.0 Å². The first-order valence-corrected chi connectivity index (χ1v) is 9.26. The molecule has 6 heteroatoms. The van der Waals surface area contributed by atoms with Gasteiger partial charge in [0.2, 0.25) is 10.0 Å². The lowest BCUT2D eigenvalue weighted by Gasteiger charge is -2.34. The van der Waals surface area contributed by atoms with Crippen LogP contribution in [0.2, 0.25) is 0 Å². The second-order valence-electron chi connectivity index (χ2n) is 6.31. The quantitative estimate of drug-likeness (QED) is 0.754. The highest BCUT2D eigenvalue weighted by Gasteiger charge is 2.31. The Hall–Kier alpha value is -0.850. The van der Waals surface area contributed by atoms with Gasteiger partial charge in [-0.3, -0.25) is 0 Å². The van der Waals surface area contributed by atoms with Crippen LogP contribution >= 0.6 is 0 Å². The topological polar surface area (TPSA) is 74.0 Å². The summed E-state index contributed by atoms with van der Waals surface area (Å²) in [4.78, 5) is 3.34. The number of aromatic amines is 1. The van der Waals surface area contributed by atoms with Crippen LogP contribution in [0.4, 0.5) is 0 Å². The predicted molar refractivity (Wildman–Crippen MR) is 84.5 cm³/mol. The molecule has 0 saturated heterocycles. The van der Waals surface area contributed by atoms with Gasteiger partial charge in [0.15, 0.2) is 0 Å². The molecule has 1 saturated carbocycles. The first-order valence-electron chi connectivity index (χ1n) is 7.78. The molecule has 0 bridgehead atoms. The number of hydrogen-bond acceptors (Lipinski definition) is 3. The summed E-state index contributed by atoms with van der Waals surface area (Å²) in [7, 11) is -1.60. The van der Waals surface area contributed by atoms with Gasteiger partial charge in [-0.1, -0.05) is 26.7 Å². The van der Waals surface area contributed by atoms with Gasteiger partial charge in [0, 0.05) is 24.5 Å². The van der Waals surface area contributed by atoms with E-state index in [9.17, 15) is 8.42 Å². The Morgan fingerprint density at radius 1 is 1.33 bits per heavy atom. The Labute approximate surface area is 128 Å².